The van der Waals surface area contributed by atoms with E-state index in [0.29, 0.717) is 31.0 Å². The maximum absolute atomic E-state index is 12.2. The van der Waals surface area contributed by atoms with Gasteiger partial charge in [0.05, 0.1) is 12.1 Å². The second kappa shape index (κ2) is 7.81. The first-order valence-electron chi connectivity index (χ1n) is 7.62. The molecule has 0 aliphatic rings. The number of amides is 1. The van der Waals surface area contributed by atoms with Crippen LogP contribution in [-0.4, -0.2) is 41.4 Å². The number of nitrogens with one attached hydrogen (secondary N) is 1. The molecule has 5 nitrogen and oxygen atoms in total. The van der Waals surface area contributed by atoms with E-state index < -0.39 is 5.54 Å². The molecule has 1 atom stereocenters. The Morgan fingerprint density at radius 3 is 2.91 bits per heavy atom. The fraction of sp³-hybridized carbons (Fsp3) is 0.471. The highest BCUT2D eigenvalue weighted by Crippen LogP contribution is 2.20. The maximum atomic E-state index is 12.2. The zero-order chi connectivity index (χ0) is 16.9. The molecule has 2 rings (SSSR count). The zero-order valence-corrected chi connectivity index (χ0v) is 14.3. The van der Waals surface area contributed by atoms with Gasteiger partial charge < -0.3 is 19.7 Å². The summed E-state index contributed by atoms with van der Waals surface area (Å²) in [5.74, 6) is -0.0613. The summed E-state index contributed by atoms with van der Waals surface area (Å²) in [5.41, 5.74) is 0.504. The van der Waals surface area contributed by atoms with E-state index in [1.165, 1.54) is 0 Å². The number of rotatable bonds is 8. The van der Waals surface area contributed by atoms with Crippen LogP contribution in [-0.2, 0) is 16.1 Å². The third-order valence-electron chi connectivity index (χ3n) is 3.88. The van der Waals surface area contributed by atoms with Crippen LogP contribution < -0.4 is 5.32 Å². The molecule has 0 bridgehead atoms. The van der Waals surface area contributed by atoms with Crippen LogP contribution in [0.25, 0.3) is 10.9 Å². The topological polar surface area (TPSA) is 63.5 Å². The zero-order valence-electron chi connectivity index (χ0n) is 13.5. The molecule has 0 fully saturated rings. The Hall–Kier alpha value is -1.56. The second-order valence-electron chi connectivity index (χ2n) is 5.98. The Balaban J connectivity index is 1.97. The van der Waals surface area contributed by atoms with Gasteiger partial charge in [-0.25, -0.2) is 0 Å². The third-order valence-corrected chi connectivity index (χ3v) is 4.12. The van der Waals surface area contributed by atoms with Crippen molar-refractivity contribution in [3.05, 3.63) is 35.5 Å². The first-order valence-corrected chi connectivity index (χ1v) is 8.00. The number of benzene rings is 1. The molecule has 1 heterocycles. The van der Waals surface area contributed by atoms with Crippen LogP contribution in [0.15, 0.2) is 30.5 Å². The lowest BCUT2D eigenvalue weighted by atomic mass is 9.99. The molecule has 0 saturated heterocycles. The molecule has 0 aliphatic heterocycles. The third kappa shape index (κ3) is 4.70. The van der Waals surface area contributed by atoms with Crippen LogP contribution in [0.1, 0.15) is 19.8 Å². The van der Waals surface area contributed by atoms with Gasteiger partial charge in [-0.3, -0.25) is 4.79 Å². The number of aromatic nitrogens is 1. The number of methoxy groups -OCH3 is 1. The molecule has 126 valence electrons. The summed E-state index contributed by atoms with van der Waals surface area (Å²) >= 11 is 5.98. The lowest BCUT2D eigenvalue weighted by molar-refractivity contribution is -0.124. The number of carbonyl (C=O) groups excluding carboxylic acids is 1. The minimum Gasteiger partial charge on any atom is -0.396 e. The van der Waals surface area contributed by atoms with Crippen LogP contribution in [0.5, 0.6) is 0 Å². The monoisotopic (exact) mass is 338 g/mol. The largest absolute Gasteiger partial charge is 0.396 e. The lowest BCUT2D eigenvalue weighted by Gasteiger charge is -2.29. The van der Waals surface area contributed by atoms with Crippen LogP contribution in [0, 0.1) is 0 Å². The molecular weight excluding hydrogens is 316 g/mol. The number of ether oxygens (including phenoxy) is 1. The van der Waals surface area contributed by atoms with E-state index in [-0.39, 0.29) is 12.5 Å². The second-order valence-corrected chi connectivity index (χ2v) is 6.41. The molecule has 1 aromatic carbocycles. The predicted octanol–water partition coefficient (Wildman–Crippen LogP) is 2.59. The van der Waals surface area contributed by atoms with Crippen molar-refractivity contribution in [3.8, 4) is 0 Å². The molecule has 0 aliphatic carbocycles. The van der Waals surface area contributed by atoms with Gasteiger partial charge in [-0.1, -0.05) is 11.6 Å². The first kappa shape index (κ1) is 17.8. The van der Waals surface area contributed by atoms with Crippen molar-refractivity contribution in [1.82, 2.24) is 9.88 Å². The van der Waals surface area contributed by atoms with Crippen molar-refractivity contribution in [2.45, 2.75) is 31.8 Å². The van der Waals surface area contributed by atoms with Gasteiger partial charge in [0.2, 0.25) is 5.91 Å². The number of aliphatic hydroxyl groups excluding tert-OH is 1. The van der Waals surface area contributed by atoms with Gasteiger partial charge in [0, 0.05) is 48.8 Å². The number of nitrogens with zero attached hydrogens (tertiary/aromatic N) is 1. The molecule has 1 amide bonds. The molecule has 23 heavy (non-hydrogen) atoms. The van der Waals surface area contributed by atoms with Gasteiger partial charge in [-0.2, -0.15) is 0 Å². The Labute approximate surface area is 141 Å². The number of halogens is 1. The van der Waals surface area contributed by atoms with Gasteiger partial charge >= 0.3 is 0 Å². The van der Waals surface area contributed by atoms with E-state index in [0.717, 1.165) is 10.9 Å². The van der Waals surface area contributed by atoms with Crippen molar-refractivity contribution < 1.29 is 14.6 Å². The summed E-state index contributed by atoms with van der Waals surface area (Å²) < 4.78 is 7.17. The summed E-state index contributed by atoms with van der Waals surface area (Å²) in [6.45, 7) is 2.82. The number of aliphatic hydroxyl groups is 1. The highest BCUT2D eigenvalue weighted by Gasteiger charge is 2.25. The van der Waals surface area contributed by atoms with E-state index >= 15 is 0 Å². The molecule has 2 aromatic rings. The van der Waals surface area contributed by atoms with Gasteiger partial charge in [0.1, 0.15) is 0 Å². The quantitative estimate of drug-likeness (QED) is 0.777. The molecule has 6 heteroatoms. The maximum Gasteiger partial charge on any atom is 0.222 e. The first-order chi connectivity index (χ1) is 11.0. The number of carbonyl (C=O) groups is 1. The van der Waals surface area contributed by atoms with Crippen LogP contribution in [0.4, 0.5) is 0 Å². The van der Waals surface area contributed by atoms with E-state index in [1.807, 2.05) is 42.0 Å². The number of fused-ring (bicyclic) bond motifs is 1. The Kier molecular flexibility index (Phi) is 6.04. The molecular formula is C17H23ClN2O3. The van der Waals surface area contributed by atoms with Crippen molar-refractivity contribution >= 4 is 28.4 Å². The minimum absolute atomic E-state index is 0.00311. The average Bonchev–Trinajstić information content (AvgIpc) is 2.87. The Morgan fingerprint density at radius 1 is 1.43 bits per heavy atom. The predicted molar refractivity (Wildman–Crippen MR) is 91.7 cm³/mol. The van der Waals surface area contributed by atoms with Crippen LogP contribution >= 0.6 is 11.6 Å². The van der Waals surface area contributed by atoms with Gasteiger partial charge in [0.15, 0.2) is 0 Å². The molecule has 2 N–H and O–H groups in total. The normalized spacial score (nSPS) is 13.9. The Morgan fingerprint density at radius 2 is 2.22 bits per heavy atom. The van der Waals surface area contributed by atoms with E-state index in [1.54, 1.807) is 7.11 Å². The van der Waals surface area contributed by atoms with Crippen molar-refractivity contribution in [2.75, 3.05) is 20.3 Å². The van der Waals surface area contributed by atoms with Gasteiger partial charge in [-0.15, -0.1) is 0 Å². The summed E-state index contributed by atoms with van der Waals surface area (Å²) in [7, 11) is 1.58. The van der Waals surface area contributed by atoms with Crippen LogP contribution in [0.3, 0.4) is 0 Å². The summed E-state index contributed by atoms with van der Waals surface area (Å²) in [5, 5.41) is 13.9. The summed E-state index contributed by atoms with van der Waals surface area (Å²) in [4.78, 5) is 12.2. The fourth-order valence-electron chi connectivity index (χ4n) is 2.72. The number of aryl methyl sites for hydroxylation is 1. The molecule has 0 saturated carbocycles. The smallest absolute Gasteiger partial charge is 0.222 e. The standard InChI is InChI=1S/C17H23ClN2O3/c1-17(7-10-21,12-23-2)19-16(22)6-9-20-8-5-13-11-14(18)3-4-15(13)20/h3-5,8,11,21H,6-7,9-10,12H2,1-2H3,(H,19,22). The van der Waals surface area contributed by atoms with E-state index in [9.17, 15) is 4.79 Å². The van der Waals surface area contributed by atoms with Gasteiger partial charge in [-0.05, 0) is 37.6 Å². The molecule has 0 radical (unpaired) electrons. The van der Waals surface area contributed by atoms with Crippen molar-refractivity contribution in [1.29, 1.82) is 0 Å². The molecule has 0 spiro atoms. The van der Waals surface area contributed by atoms with Crippen molar-refractivity contribution in [2.24, 2.45) is 0 Å². The summed E-state index contributed by atoms with van der Waals surface area (Å²) in [6, 6.07) is 7.69. The number of hydrogen-bond donors (Lipinski definition) is 2. The fourth-order valence-corrected chi connectivity index (χ4v) is 2.90. The van der Waals surface area contributed by atoms with E-state index in [4.69, 9.17) is 21.4 Å². The highest BCUT2D eigenvalue weighted by molar-refractivity contribution is 6.31. The lowest BCUT2D eigenvalue weighted by Crippen LogP contribution is -2.50. The highest BCUT2D eigenvalue weighted by atomic mass is 35.5. The average molecular weight is 339 g/mol. The van der Waals surface area contributed by atoms with E-state index in [2.05, 4.69) is 5.32 Å². The molecule has 1 aromatic heterocycles. The molecule has 1 unspecified atom stereocenters. The minimum atomic E-state index is -0.549. The summed E-state index contributed by atoms with van der Waals surface area (Å²) in [6.07, 6.45) is 2.77. The van der Waals surface area contributed by atoms with Crippen LogP contribution in [0.2, 0.25) is 5.02 Å². The Bertz CT molecular complexity index is 663. The SMILES string of the molecule is COCC(C)(CCO)NC(=O)CCn1ccc2cc(Cl)ccc21. The van der Waals surface area contributed by atoms with Gasteiger partial charge in [0.25, 0.3) is 0 Å². The van der Waals surface area contributed by atoms with Crippen molar-refractivity contribution in [3.63, 3.8) is 0 Å². The number of hydrogen-bond acceptors (Lipinski definition) is 3.